The van der Waals surface area contributed by atoms with Gasteiger partial charge in [-0.2, -0.15) is 0 Å². The number of anilines is 2. The van der Waals surface area contributed by atoms with E-state index in [2.05, 4.69) is 51.8 Å². The minimum Gasteiger partial charge on any atom is -0.382 e. The number of rotatable bonds is 6. The summed E-state index contributed by atoms with van der Waals surface area (Å²) in [5.74, 6) is -0.587. The Morgan fingerprint density at radius 2 is 1.85 bits per heavy atom. The average molecular weight is 467 g/mol. The van der Waals surface area contributed by atoms with Crippen LogP contribution in [0.1, 0.15) is 34.5 Å². The van der Waals surface area contributed by atoms with Crippen LogP contribution in [0.4, 0.5) is 11.6 Å². The number of aromatic nitrogens is 2. The van der Waals surface area contributed by atoms with Crippen molar-refractivity contribution in [1.82, 2.24) is 20.6 Å². The molecular formula is C17H22IN7O. The highest BCUT2D eigenvalue weighted by atomic mass is 127. The van der Waals surface area contributed by atoms with E-state index >= 15 is 0 Å². The van der Waals surface area contributed by atoms with E-state index in [4.69, 9.17) is 16.9 Å². The van der Waals surface area contributed by atoms with E-state index in [0.717, 1.165) is 19.3 Å². The molecule has 0 atom stereocenters. The molecule has 0 aliphatic carbocycles. The number of unbranched alkanes of at least 4 members (excludes halogenated alkanes) is 1. The summed E-state index contributed by atoms with van der Waals surface area (Å²) in [4.78, 5) is 20.0. The molecule has 1 heterocycles. The fraction of sp³-hybridized carbons (Fsp3) is 0.294. The number of carbonyl (C=O) groups is 1. The zero-order valence-electron chi connectivity index (χ0n) is 14.5. The molecule has 0 spiro atoms. The fourth-order valence-corrected chi connectivity index (χ4v) is 2.61. The van der Waals surface area contributed by atoms with Gasteiger partial charge in [0.15, 0.2) is 23.3 Å². The number of halogens is 1. The van der Waals surface area contributed by atoms with E-state index in [1.165, 1.54) is 11.1 Å². The smallest absolute Gasteiger partial charge is 0.280 e. The number of hydrogen-bond donors (Lipinski definition) is 5. The predicted octanol–water partition coefficient (Wildman–Crippen LogP) is 1.83. The molecular weight excluding hydrogens is 445 g/mol. The van der Waals surface area contributed by atoms with Crippen molar-refractivity contribution in [2.24, 2.45) is 0 Å². The van der Waals surface area contributed by atoms with E-state index < -0.39 is 5.91 Å². The van der Waals surface area contributed by atoms with Crippen molar-refractivity contribution in [3.63, 3.8) is 0 Å². The minimum absolute atomic E-state index is 0.0467. The molecule has 1 aromatic heterocycles. The van der Waals surface area contributed by atoms with Crippen molar-refractivity contribution in [2.45, 2.75) is 26.2 Å². The SMILES string of the molecule is Cc1ccc(CCCCNC(=N)NC(=O)c2nc(I)c(N)nc2N)cc1. The maximum absolute atomic E-state index is 12.1. The third kappa shape index (κ3) is 5.83. The van der Waals surface area contributed by atoms with Crippen molar-refractivity contribution in [1.29, 1.82) is 5.41 Å². The Morgan fingerprint density at radius 1 is 1.15 bits per heavy atom. The Balaban J connectivity index is 1.72. The first-order chi connectivity index (χ1) is 12.4. The van der Waals surface area contributed by atoms with Gasteiger partial charge in [0, 0.05) is 6.54 Å². The second kappa shape index (κ2) is 9.32. The number of nitrogen functional groups attached to an aromatic ring is 2. The normalized spacial score (nSPS) is 10.4. The molecule has 2 aromatic rings. The number of nitrogens with zero attached hydrogens (tertiary/aromatic N) is 2. The van der Waals surface area contributed by atoms with Gasteiger partial charge in [-0.25, -0.2) is 9.97 Å². The Kier molecular flexibility index (Phi) is 7.13. The predicted molar refractivity (Wildman–Crippen MR) is 111 cm³/mol. The standard InChI is InChI=1S/C17H22IN7O/c1-10-5-7-11(8-6-10)4-2-3-9-22-17(21)25-16(26)12-14(19)24-15(20)13(18)23-12/h5-8H,2-4,9H2,1H3,(H4,19,20,24)(H3,21,22,25,26). The van der Waals surface area contributed by atoms with Crippen LogP contribution < -0.4 is 22.1 Å². The first-order valence-corrected chi connectivity index (χ1v) is 9.22. The summed E-state index contributed by atoms with van der Waals surface area (Å²) in [5.41, 5.74) is 13.8. The number of nitrogens with two attached hydrogens (primary N) is 2. The second-order valence-electron chi connectivity index (χ2n) is 5.83. The third-order valence-electron chi connectivity index (χ3n) is 3.67. The van der Waals surface area contributed by atoms with Crippen molar-refractivity contribution < 1.29 is 4.79 Å². The monoisotopic (exact) mass is 467 g/mol. The first-order valence-electron chi connectivity index (χ1n) is 8.14. The van der Waals surface area contributed by atoms with Gasteiger partial charge in [0.05, 0.1) is 0 Å². The molecule has 26 heavy (non-hydrogen) atoms. The average Bonchev–Trinajstić information content (AvgIpc) is 2.59. The zero-order valence-corrected chi connectivity index (χ0v) is 16.6. The highest BCUT2D eigenvalue weighted by Crippen LogP contribution is 2.14. The topological polar surface area (TPSA) is 143 Å². The molecule has 138 valence electrons. The van der Waals surface area contributed by atoms with Crippen molar-refractivity contribution in [3.8, 4) is 0 Å². The summed E-state index contributed by atoms with van der Waals surface area (Å²) in [6, 6.07) is 8.46. The highest BCUT2D eigenvalue weighted by Gasteiger charge is 2.16. The lowest BCUT2D eigenvalue weighted by atomic mass is 10.1. The molecule has 0 fully saturated rings. The summed E-state index contributed by atoms with van der Waals surface area (Å²) in [7, 11) is 0. The van der Waals surface area contributed by atoms with Gasteiger partial charge in [-0.05, 0) is 54.3 Å². The largest absolute Gasteiger partial charge is 0.382 e. The summed E-state index contributed by atoms with van der Waals surface area (Å²) >= 11 is 1.87. The summed E-state index contributed by atoms with van der Waals surface area (Å²) in [6.45, 7) is 2.66. The molecule has 2 rings (SSSR count). The van der Waals surface area contributed by atoms with E-state index in [0.29, 0.717) is 10.2 Å². The molecule has 1 amide bonds. The van der Waals surface area contributed by atoms with Crippen LogP contribution in [0.25, 0.3) is 0 Å². The van der Waals surface area contributed by atoms with Gasteiger partial charge in [-0.15, -0.1) is 0 Å². The van der Waals surface area contributed by atoms with Crippen molar-refractivity contribution in [3.05, 3.63) is 44.8 Å². The minimum atomic E-state index is -0.593. The number of aryl methyl sites for hydroxylation is 2. The number of guanidine groups is 1. The maximum Gasteiger partial charge on any atom is 0.280 e. The van der Waals surface area contributed by atoms with Gasteiger partial charge in [0.1, 0.15) is 3.70 Å². The number of hydrogen-bond acceptors (Lipinski definition) is 6. The lowest BCUT2D eigenvalue weighted by molar-refractivity contribution is 0.0971. The van der Waals surface area contributed by atoms with Crippen LogP contribution in [0.2, 0.25) is 0 Å². The molecule has 9 heteroatoms. The van der Waals surface area contributed by atoms with Crippen LogP contribution in [0.3, 0.4) is 0 Å². The highest BCUT2D eigenvalue weighted by molar-refractivity contribution is 14.1. The molecule has 0 radical (unpaired) electrons. The Labute approximate surface area is 165 Å². The van der Waals surface area contributed by atoms with E-state index in [1.54, 1.807) is 0 Å². The number of carbonyl (C=O) groups excluding carboxylic acids is 1. The quantitative estimate of drug-likeness (QED) is 0.190. The van der Waals surface area contributed by atoms with Crippen LogP contribution in [0, 0.1) is 16.0 Å². The van der Waals surface area contributed by atoms with Crippen LogP contribution >= 0.6 is 22.6 Å². The van der Waals surface area contributed by atoms with Gasteiger partial charge >= 0.3 is 0 Å². The van der Waals surface area contributed by atoms with Crippen molar-refractivity contribution >= 4 is 46.1 Å². The van der Waals surface area contributed by atoms with Crippen LogP contribution in [0.15, 0.2) is 24.3 Å². The molecule has 0 unspecified atom stereocenters. The molecule has 1 aromatic carbocycles. The summed E-state index contributed by atoms with van der Waals surface area (Å²) in [5, 5.41) is 13.1. The van der Waals surface area contributed by atoms with Gasteiger partial charge in [0.25, 0.3) is 5.91 Å². The van der Waals surface area contributed by atoms with Crippen LogP contribution in [-0.4, -0.2) is 28.4 Å². The van der Waals surface area contributed by atoms with Crippen molar-refractivity contribution in [2.75, 3.05) is 18.0 Å². The first kappa shape index (κ1) is 19.9. The fourth-order valence-electron chi connectivity index (χ4n) is 2.25. The van der Waals surface area contributed by atoms with Gasteiger partial charge in [-0.1, -0.05) is 29.8 Å². The molecule has 0 bridgehead atoms. The number of nitrogens with one attached hydrogen (secondary N) is 3. The Hall–Kier alpha value is -2.43. The van der Waals surface area contributed by atoms with Gasteiger partial charge in [-0.3, -0.25) is 15.5 Å². The molecule has 0 aliphatic rings. The summed E-state index contributed by atoms with van der Waals surface area (Å²) < 4.78 is 0.387. The number of amides is 1. The van der Waals surface area contributed by atoms with Crippen LogP contribution in [-0.2, 0) is 6.42 Å². The van der Waals surface area contributed by atoms with E-state index in [1.807, 2.05) is 22.6 Å². The van der Waals surface area contributed by atoms with E-state index in [-0.39, 0.29) is 23.3 Å². The molecule has 0 saturated heterocycles. The summed E-state index contributed by atoms with van der Waals surface area (Å²) in [6.07, 6.45) is 2.86. The Bertz CT molecular complexity index is 792. The molecule has 0 aliphatic heterocycles. The second-order valence-corrected chi connectivity index (χ2v) is 6.85. The van der Waals surface area contributed by atoms with Crippen LogP contribution in [0.5, 0.6) is 0 Å². The molecule has 0 saturated carbocycles. The number of benzene rings is 1. The van der Waals surface area contributed by atoms with E-state index in [9.17, 15) is 4.79 Å². The lowest BCUT2D eigenvalue weighted by Gasteiger charge is -2.10. The molecule has 8 nitrogen and oxygen atoms in total. The lowest BCUT2D eigenvalue weighted by Crippen LogP contribution is -2.41. The zero-order chi connectivity index (χ0) is 19.1. The third-order valence-corrected chi connectivity index (χ3v) is 4.47. The Morgan fingerprint density at radius 3 is 2.54 bits per heavy atom. The molecule has 7 N–H and O–H groups in total. The van der Waals surface area contributed by atoms with Gasteiger partial charge in [0.2, 0.25) is 0 Å². The van der Waals surface area contributed by atoms with Gasteiger partial charge < -0.3 is 16.8 Å². The maximum atomic E-state index is 12.1.